The van der Waals surface area contributed by atoms with Crippen LogP contribution >= 0.6 is 0 Å². The summed E-state index contributed by atoms with van der Waals surface area (Å²) in [5.74, 6) is 0. The van der Waals surface area contributed by atoms with Gasteiger partial charge in [0.05, 0.1) is 0 Å². The van der Waals surface area contributed by atoms with Crippen LogP contribution < -0.4 is 5.32 Å². The van der Waals surface area contributed by atoms with Crippen molar-refractivity contribution in [3.05, 3.63) is 12.2 Å². The predicted molar refractivity (Wildman–Crippen MR) is 57.8 cm³/mol. The Hall–Kier alpha value is -0.340. The SMILES string of the molecule is C/C=C/CNC(CCO)C(C)(C)C. The van der Waals surface area contributed by atoms with Crippen molar-refractivity contribution in [2.45, 2.75) is 40.2 Å². The van der Waals surface area contributed by atoms with Gasteiger partial charge in [0.15, 0.2) is 0 Å². The lowest BCUT2D eigenvalue weighted by Crippen LogP contribution is -2.41. The molecule has 0 saturated carbocycles. The third-order valence-corrected chi connectivity index (χ3v) is 2.18. The fourth-order valence-corrected chi connectivity index (χ4v) is 1.30. The monoisotopic (exact) mass is 185 g/mol. The van der Waals surface area contributed by atoms with Crippen LogP contribution in [0.3, 0.4) is 0 Å². The van der Waals surface area contributed by atoms with Crippen LogP contribution in [0.2, 0.25) is 0 Å². The zero-order valence-electron chi connectivity index (χ0n) is 9.30. The van der Waals surface area contributed by atoms with Gasteiger partial charge in [-0.3, -0.25) is 0 Å². The van der Waals surface area contributed by atoms with Crippen LogP contribution in [0, 0.1) is 5.41 Å². The summed E-state index contributed by atoms with van der Waals surface area (Å²) >= 11 is 0. The maximum atomic E-state index is 8.90. The summed E-state index contributed by atoms with van der Waals surface area (Å²) < 4.78 is 0. The summed E-state index contributed by atoms with van der Waals surface area (Å²) in [6.07, 6.45) is 4.95. The largest absolute Gasteiger partial charge is 0.396 e. The van der Waals surface area contributed by atoms with E-state index in [1.807, 2.05) is 13.0 Å². The molecule has 0 bridgehead atoms. The fourth-order valence-electron chi connectivity index (χ4n) is 1.30. The summed E-state index contributed by atoms with van der Waals surface area (Å²) in [7, 11) is 0. The van der Waals surface area contributed by atoms with E-state index in [2.05, 4.69) is 32.2 Å². The van der Waals surface area contributed by atoms with Crippen molar-refractivity contribution in [1.29, 1.82) is 0 Å². The molecule has 0 spiro atoms. The Balaban J connectivity index is 3.95. The van der Waals surface area contributed by atoms with Crippen molar-refractivity contribution in [1.82, 2.24) is 5.32 Å². The van der Waals surface area contributed by atoms with Gasteiger partial charge in [0.25, 0.3) is 0 Å². The fraction of sp³-hybridized carbons (Fsp3) is 0.818. The zero-order chi connectivity index (χ0) is 10.3. The Morgan fingerprint density at radius 2 is 2.00 bits per heavy atom. The van der Waals surface area contributed by atoms with E-state index in [9.17, 15) is 0 Å². The van der Waals surface area contributed by atoms with Gasteiger partial charge in [-0.2, -0.15) is 0 Å². The molecule has 0 fully saturated rings. The van der Waals surface area contributed by atoms with Crippen LogP contribution in [-0.2, 0) is 0 Å². The third kappa shape index (κ3) is 5.83. The standard InChI is InChI=1S/C11H23NO/c1-5-6-8-12-10(7-9-13)11(2,3)4/h5-6,10,12-13H,7-9H2,1-4H3/b6-5+. The Morgan fingerprint density at radius 3 is 2.38 bits per heavy atom. The molecular weight excluding hydrogens is 162 g/mol. The summed E-state index contributed by atoms with van der Waals surface area (Å²) in [4.78, 5) is 0. The van der Waals surface area contributed by atoms with Crippen LogP contribution in [0.5, 0.6) is 0 Å². The number of aliphatic hydroxyl groups excluding tert-OH is 1. The second kappa shape index (κ2) is 6.17. The normalized spacial score (nSPS) is 15.2. The minimum Gasteiger partial charge on any atom is -0.396 e. The van der Waals surface area contributed by atoms with E-state index in [0.29, 0.717) is 6.04 Å². The van der Waals surface area contributed by atoms with E-state index >= 15 is 0 Å². The first-order valence-electron chi connectivity index (χ1n) is 4.97. The molecule has 0 amide bonds. The molecule has 0 aliphatic rings. The van der Waals surface area contributed by atoms with Gasteiger partial charge in [0.2, 0.25) is 0 Å². The molecule has 0 aliphatic carbocycles. The molecule has 0 aliphatic heterocycles. The van der Waals surface area contributed by atoms with Crippen LogP contribution in [0.15, 0.2) is 12.2 Å². The van der Waals surface area contributed by atoms with Crippen LogP contribution in [0.4, 0.5) is 0 Å². The number of hydrogen-bond acceptors (Lipinski definition) is 2. The van der Waals surface area contributed by atoms with Crippen molar-refractivity contribution in [3.63, 3.8) is 0 Å². The number of rotatable bonds is 5. The van der Waals surface area contributed by atoms with Crippen LogP contribution in [-0.4, -0.2) is 24.3 Å². The van der Waals surface area contributed by atoms with Gasteiger partial charge in [-0.1, -0.05) is 32.9 Å². The molecule has 0 saturated heterocycles. The number of hydrogen-bond donors (Lipinski definition) is 2. The summed E-state index contributed by atoms with van der Waals surface area (Å²) in [5, 5.41) is 12.3. The van der Waals surface area contributed by atoms with Crippen molar-refractivity contribution in [2.24, 2.45) is 5.41 Å². The van der Waals surface area contributed by atoms with Gasteiger partial charge < -0.3 is 10.4 Å². The Morgan fingerprint density at radius 1 is 1.38 bits per heavy atom. The Labute approximate surface area is 82.0 Å². The van der Waals surface area contributed by atoms with Gasteiger partial charge >= 0.3 is 0 Å². The van der Waals surface area contributed by atoms with E-state index in [4.69, 9.17) is 5.11 Å². The Bertz CT molecular complexity index is 147. The molecule has 2 N–H and O–H groups in total. The molecule has 1 unspecified atom stereocenters. The summed E-state index contributed by atoms with van der Waals surface area (Å²) in [6, 6.07) is 0.383. The first kappa shape index (κ1) is 12.7. The van der Waals surface area contributed by atoms with Gasteiger partial charge in [0, 0.05) is 19.2 Å². The van der Waals surface area contributed by atoms with E-state index in [1.165, 1.54) is 0 Å². The third-order valence-electron chi connectivity index (χ3n) is 2.18. The van der Waals surface area contributed by atoms with Crippen molar-refractivity contribution < 1.29 is 5.11 Å². The summed E-state index contributed by atoms with van der Waals surface area (Å²) in [5.41, 5.74) is 0.213. The number of aliphatic hydroxyl groups is 1. The molecule has 0 aromatic heterocycles. The first-order chi connectivity index (χ1) is 6.02. The molecule has 78 valence electrons. The van der Waals surface area contributed by atoms with Crippen molar-refractivity contribution >= 4 is 0 Å². The molecule has 0 aromatic carbocycles. The lowest BCUT2D eigenvalue weighted by atomic mass is 9.85. The minimum absolute atomic E-state index is 0.213. The summed E-state index contributed by atoms with van der Waals surface area (Å²) in [6.45, 7) is 9.73. The predicted octanol–water partition coefficient (Wildman–Crippen LogP) is 1.95. The van der Waals surface area contributed by atoms with E-state index < -0.39 is 0 Å². The molecule has 13 heavy (non-hydrogen) atoms. The maximum Gasteiger partial charge on any atom is 0.0446 e. The van der Waals surface area contributed by atoms with E-state index in [-0.39, 0.29) is 12.0 Å². The van der Waals surface area contributed by atoms with Gasteiger partial charge in [-0.25, -0.2) is 0 Å². The first-order valence-corrected chi connectivity index (χ1v) is 4.97. The molecule has 1 atom stereocenters. The molecule has 0 heterocycles. The van der Waals surface area contributed by atoms with E-state index in [0.717, 1.165) is 13.0 Å². The second-order valence-electron chi connectivity index (χ2n) is 4.41. The highest BCUT2D eigenvalue weighted by Crippen LogP contribution is 2.21. The molecule has 2 nitrogen and oxygen atoms in total. The highest BCUT2D eigenvalue weighted by atomic mass is 16.3. The number of allylic oxidation sites excluding steroid dienone is 1. The van der Waals surface area contributed by atoms with Crippen molar-refractivity contribution in [3.8, 4) is 0 Å². The number of nitrogens with one attached hydrogen (secondary N) is 1. The van der Waals surface area contributed by atoms with Gasteiger partial charge in [-0.05, 0) is 18.8 Å². The zero-order valence-corrected chi connectivity index (χ0v) is 9.30. The lowest BCUT2D eigenvalue weighted by Gasteiger charge is -2.30. The average molecular weight is 185 g/mol. The molecular formula is C11H23NO. The average Bonchev–Trinajstić information content (AvgIpc) is 2.01. The van der Waals surface area contributed by atoms with Gasteiger partial charge in [0.1, 0.15) is 0 Å². The highest BCUT2D eigenvalue weighted by Gasteiger charge is 2.22. The quantitative estimate of drug-likeness (QED) is 0.642. The lowest BCUT2D eigenvalue weighted by molar-refractivity contribution is 0.201. The molecule has 2 heteroatoms. The second-order valence-corrected chi connectivity index (χ2v) is 4.41. The topological polar surface area (TPSA) is 32.3 Å². The molecule has 0 aromatic rings. The van der Waals surface area contributed by atoms with Crippen molar-refractivity contribution in [2.75, 3.05) is 13.2 Å². The smallest absolute Gasteiger partial charge is 0.0446 e. The van der Waals surface area contributed by atoms with E-state index in [1.54, 1.807) is 0 Å². The maximum absolute atomic E-state index is 8.90. The minimum atomic E-state index is 0.213. The van der Waals surface area contributed by atoms with Crippen LogP contribution in [0.1, 0.15) is 34.1 Å². The Kier molecular flexibility index (Phi) is 6.00. The van der Waals surface area contributed by atoms with Gasteiger partial charge in [-0.15, -0.1) is 0 Å². The highest BCUT2D eigenvalue weighted by molar-refractivity contribution is 4.86. The molecule has 0 rings (SSSR count). The molecule has 0 radical (unpaired) electrons. The van der Waals surface area contributed by atoms with Crippen LogP contribution in [0.25, 0.3) is 0 Å².